The highest BCUT2D eigenvalue weighted by Gasteiger charge is 2.17. The van der Waals surface area contributed by atoms with E-state index in [1.54, 1.807) is 0 Å². The fourth-order valence-electron chi connectivity index (χ4n) is 3.05. The standard InChI is InChI=1S/C22H26N2O2/c1-5-26-20-9-7-19(8-10-20)23-22(25)16(4)24-13-12-18-14-17(15(2)3)6-11-21(18)24/h6-16H,5H2,1-4H3,(H,23,25). The molecule has 136 valence electrons. The van der Waals surface area contributed by atoms with Gasteiger partial charge in [-0.1, -0.05) is 19.9 Å². The number of anilines is 1. The van der Waals surface area contributed by atoms with Gasteiger partial charge in [-0.15, -0.1) is 0 Å². The summed E-state index contributed by atoms with van der Waals surface area (Å²) >= 11 is 0. The molecule has 4 nitrogen and oxygen atoms in total. The summed E-state index contributed by atoms with van der Waals surface area (Å²) in [4.78, 5) is 12.7. The molecule has 1 amide bonds. The topological polar surface area (TPSA) is 43.3 Å². The summed E-state index contributed by atoms with van der Waals surface area (Å²) in [5.41, 5.74) is 3.15. The molecular formula is C22H26N2O2. The first-order chi connectivity index (χ1) is 12.5. The Hall–Kier alpha value is -2.75. The second kappa shape index (κ2) is 7.65. The second-order valence-corrected chi connectivity index (χ2v) is 6.82. The molecule has 0 aliphatic carbocycles. The zero-order chi connectivity index (χ0) is 18.7. The Morgan fingerprint density at radius 2 is 1.81 bits per heavy atom. The minimum absolute atomic E-state index is 0.0420. The Bertz CT molecular complexity index is 894. The largest absolute Gasteiger partial charge is 0.494 e. The minimum atomic E-state index is -0.302. The monoisotopic (exact) mass is 350 g/mol. The summed E-state index contributed by atoms with van der Waals surface area (Å²) in [6, 6.07) is 15.7. The van der Waals surface area contributed by atoms with Crippen molar-refractivity contribution in [3.63, 3.8) is 0 Å². The number of nitrogens with one attached hydrogen (secondary N) is 1. The van der Waals surface area contributed by atoms with Crippen molar-refractivity contribution >= 4 is 22.5 Å². The third-order valence-electron chi connectivity index (χ3n) is 4.64. The lowest BCUT2D eigenvalue weighted by Gasteiger charge is -2.16. The normalized spacial score (nSPS) is 12.3. The molecule has 0 spiro atoms. The molecule has 0 saturated carbocycles. The maximum atomic E-state index is 12.7. The van der Waals surface area contributed by atoms with Crippen LogP contribution in [-0.2, 0) is 4.79 Å². The molecule has 0 aliphatic heterocycles. The van der Waals surface area contributed by atoms with Gasteiger partial charge in [-0.25, -0.2) is 0 Å². The lowest BCUT2D eigenvalue weighted by atomic mass is 10.0. The zero-order valence-electron chi connectivity index (χ0n) is 15.8. The van der Waals surface area contributed by atoms with E-state index in [0.717, 1.165) is 22.3 Å². The van der Waals surface area contributed by atoms with Crippen molar-refractivity contribution in [3.05, 3.63) is 60.3 Å². The first-order valence-electron chi connectivity index (χ1n) is 9.13. The molecule has 0 radical (unpaired) electrons. The predicted octanol–water partition coefficient (Wildman–Crippen LogP) is 5.36. The SMILES string of the molecule is CCOc1ccc(NC(=O)C(C)n2ccc3cc(C(C)C)ccc32)cc1. The van der Waals surface area contributed by atoms with Crippen LogP contribution in [0.25, 0.3) is 10.9 Å². The molecule has 3 aromatic rings. The second-order valence-electron chi connectivity index (χ2n) is 6.82. The van der Waals surface area contributed by atoms with E-state index >= 15 is 0 Å². The number of aromatic nitrogens is 1. The summed E-state index contributed by atoms with van der Waals surface area (Å²) < 4.78 is 7.45. The van der Waals surface area contributed by atoms with Gasteiger partial charge < -0.3 is 14.6 Å². The van der Waals surface area contributed by atoms with Gasteiger partial charge in [0.05, 0.1) is 6.61 Å². The van der Waals surface area contributed by atoms with Gasteiger partial charge in [0.1, 0.15) is 11.8 Å². The Morgan fingerprint density at radius 3 is 2.46 bits per heavy atom. The third-order valence-corrected chi connectivity index (χ3v) is 4.64. The van der Waals surface area contributed by atoms with Crippen LogP contribution in [0.4, 0.5) is 5.69 Å². The number of carbonyl (C=O) groups excluding carboxylic acids is 1. The molecular weight excluding hydrogens is 324 g/mol. The summed E-state index contributed by atoms with van der Waals surface area (Å²) in [7, 11) is 0. The van der Waals surface area contributed by atoms with Crippen molar-refractivity contribution in [2.24, 2.45) is 0 Å². The van der Waals surface area contributed by atoms with Gasteiger partial charge in [0, 0.05) is 17.4 Å². The number of benzene rings is 2. The molecule has 0 bridgehead atoms. The van der Waals surface area contributed by atoms with E-state index < -0.39 is 0 Å². The molecule has 1 unspecified atom stereocenters. The van der Waals surface area contributed by atoms with Crippen molar-refractivity contribution < 1.29 is 9.53 Å². The lowest BCUT2D eigenvalue weighted by molar-refractivity contribution is -0.118. The zero-order valence-corrected chi connectivity index (χ0v) is 15.8. The summed E-state index contributed by atoms with van der Waals surface area (Å²) in [5, 5.41) is 4.14. The highest BCUT2D eigenvalue weighted by atomic mass is 16.5. The van der Waals surface area contributed by atoms with E-state index in [1.165, 1.54) is 5.56 Å². The number of hydrogen-bond acceptors (Lipinski definition) is 2. The minimum Gasteiger partial charge on any atom is -0.494 e. The summed E-state index contributed by atoms with van der Waals surface area (Å²) in [6.45, 7) is 8.86. The quantitative estimate of drug-likeness (QED) is 0.650. The van der Waals surface area contributed by atoms with E-state index in [1.807, 2.05) is 48.9 Å². The van der Waals surface area contributed by atoms with Crippen LogP contribution in [0.5, 0.6) is 5.75 Å². The maximum Gasteiger partial charge on any atom is 0.247 e. The average molecular weight is 350 g/mol. The smallest absolute Gasteiger partial charge is 0.247 e. The number of hydrogen-bond donors (Lipinski definition) is 1. The van der Waals surface area contributed by atoms with Crippen LogP contribution in [0.15, 0.2) is 54.7 Å². The van der Waals surface area contributed by atoms with Gasteiger partial charge in [0.2, 0.25) is 5.91 Å². The molecule has 3 rings (SSSR count). The molecule has 1 atom stereocenters. The van der Waals surface area contributed by atoms with Crippen molar-refractivity contribution in [2.75, 3.05) is 11.9 Å². The molecule has 1 N–H and O–H groups in total. The Morgan fingerprint density at radius 1 is 1.08 bits per heavy atom. The van der Waals surface area contributed by atoms with E-state index in [2.05, 4.69) is 43.4 Å². The van der Waals surface area contributed by atoms with E-state index in [0.29, 0.717) is 12.5 Å². The number of amides is 1. The molecule has 0 aliphatic rings. The van der Waals surface area contributed by atoms with E-state index in [9.17, 15) is 4.79 Å². The highest BCUT2D eigenvalue weighted by Crippen LogP contribution is 2.25. The van der Waals surface area contributed by atoms with E-state index in [4.69, 9.17) is 4.74 Å². The first-order valence-corrected chi connectivity index (χ1v) is 9.13. The number of rotatable bonds is 6. The maximum absolute atomic E-state index is 12.7. The van der Waals surface area contributed by atoms with Crippen LogP contribution in [0.3, 0.4) is 0 Å². The van der Waals surface area contributed by atoms with Crippen molar-refractivity contribution in [2.45, 2.75) is 39.7 Å². The summed E-state index contributed by atoms with van der Waals surface area (Å²) in [6.07, 6.45) is 1.98. The predicted molar refractivity (Wildman–Crippen MR) is 107 cm³/mol. The van der Waals surface area contributed by atoms with Gasteiger partial charge in [0.25, 0.3) is 0 Å². The number of fused-ring (bicyclic) bond motifs is 1. The van der Waals surface area contributed by atoms with Crippen LogP contribution in [0.2, 0.25) is 0 Å². The number of carbonyl (C=O) groups is 1. The lowest BCUT2D eigenvalue weighted by Crippen LogP contribution is -2.23. The summed E-state index contributed by atoms with van der Waals surface area (Å²) in [5.74, 6) is 1.25. The number of nitrogens with zero attached hydrogens (tertiary/aromatic N) is 1. The van der Waals surface area contributed by atoms with Crippen molar-refractivity contribution in [1.82, 2.24) is 4.57 Å². The highest BCUT2D eigenvalue weighted by molar-refractivity contribution is 5.95. The fourth-order valence-corrected chi connectivity index (χ4v) is 3.05. The molecule has 4 heteroatoms. The Kier molecular flexibility index (Phi) is 5.31. The van der Waals surface area contributed by atoms with Gasteiger partial charge in [-0.3, -0.25) is 4.79 Å². The van der Waals surface area contributed by atoms with Gasteiger partial charge in [0.15, 0.2) is 0 Å². The van der Waals surface area contributed by atoms with Crippen LogP contribution in [0.1, 0.15) is 45.2 Å². The molecule has 1 aromatic heterocycles. The molecule has 0 fully saturated rings. The van der Waals surface area contributed by atoms with Gasteiger partial charge >= 0.3 is 0 Å². The molecule has 0 saturated heterocycles. The van der Waals surface area contributed by atoms with Crippen LogP contribution < -0.4 is 10.1 Å². The Labute approximate surface area is 154 Å². The third kappa shape index (κ3) is 3.74. The van der Waals surface area contributed by atoms with Crippen LogP contribution >= 0.6 is 0 Å². The molecule has 2 aromatic carbocycles. The fraction of sp³-hybridized carbons (Fsp3) is 0.318. The van der Waals surface area contributed by atoms with E-state index in [-0.39, 0.29) is 11.9 Å². The van der Waals surface area contributed by atoms with Crippen molar-refractivity contribution in [3.8, 4) is 5.75 Å². The average Bonchev–Trinajstić information content (AvgIpc) is 3.06. The van der Waals surface area contributed by atoms with Crippen molar-refractivity contribution in [1.29, 1.82) is 0 Å². The Balaban J connectivity index is 1.76. The molecule has 1 heterocycles. The van der Waals surface area contributed by atoms with Gasteiger partial charge in [-0.05, 0) is 73.2 Å². The van der Waals surface area contributed by atoms with Crippen LogP contribution in [0, 0.1) is 0 Å². The molecule has 26 heavy (non-hydrogen) atoms. The first kappa shape index (κ1) is 18.1. The van der Waals surface area contributed by atoms with Crippen LogP contribution in [-0.4, -0.2) is 17.1 Å². The number of ether oxygens (including phenoxy) is 1. The van der Waals surface area contributed by atoms with Gasteiger partial charge in [-0.2, -0.15) is 0 Å².